The first-order valence-corrected chi connectivity index (χ1v) is 10.0. The van der Waals surface area contributed by atoms with Gasteiger partial charge >= 0.3 is 0 Å². The molecule has 0 spiro atoms. The van der Waals surface area contributed by atoms with Crippen molar-refractivity contribution in [3.05, 3.63) is 47.7 Å². The van der Waals surface area contributed by atoms with E-state index >= 15 is 0 Å². The van der Waals surface area contributed by atoms with Gasteiger partial charge in [0.15, 0.2) is 0 Å². The number of carbonyl (C=O) groups is 1. The molecule has 0 aliphatic carbocycles. The third kappa shape index (κ3) is 5.18. The van der Waals surface area contributed by atoms with E-state index in [1.54, 1.807) is 6.20 Å². The minimum atomic E-state index is -3.92. The van der Waals surface area contributed by atoms with E-state index in [9.17, 15) is 13.2 Å². The van der Waals surface area contributed by atoms with Crippen LogP contribution in [0.4, 0.5) is 5.82 Å². The lowest BCUT2D eigenvalue weighted by Gasteiger charge is -2.19. The topological polar surface area (TPSA) is 115 Å². The molecule has 27 heavy (non-hydrogen) atoms. The van der Waals surface area contributed by atoms with E-state index in [0.717, 1.165) is 24.5 Å². The molecule has 0 fully saturated rings. The second-order valence-corrected chi connectivity index (χ2v) is 7.35. The molecule has 9 heteroatoms. The summed E-state index contributed by atoms with van der Waals surface area (Å²) in [5.74, 6) is 0.665. The Hall–Kier alpha value is -2.65. The van der Waals surface area contributed by atoms with Crippen LogP contribution in [0.3, 0.4) is 0 Å². The number of nitrogens with one attached hydrogen (secondary N) is 1. The quantitative estimate of drug-likeness (QED) is 0.704. The van der Waals surface area contributed by atoms with Crippen LogP contribution in [0.25, 0.3) is 0 Å². The number of primary sulfonamides is 1. The van der Waals surface area contributed by atoms with Gasteiger partial charge < -0.3 is 15.0 Å². The van der Waals surface area contributed by atoms with Crippen molar-refractivity contribution in [2.24, 2.45) is 5.14 Å². The van der Waals surface area contributed by atoms with E-state index in [0.29, 0.717) is 0 Å². The number of rotatable bonds is 8. The van der Waals surface area contributed by atoms with Gasteiger partial charge in [0.1, 0.15) is 11.6 Å². The predicted molar refractivity (Wildman–Crippen MR) is 103 cm³/mol. The van der Waals surface area contributed by atoms with Crippen LogP contribution < -0.4 is 20.1 Å². The second kappa shape index (κ2) is 8.83. The summed E-state index contributed by atoms with van der Waals surface area (Å²) in [6.45, 7) is 6.08. The van der Waals surface area contributed by atoms with Crippen LogP contribution in [-0.2, 0) is 16.6 Å². The summed E-state index contributed by atoms with van der Waals surface area (Å²) in [7, 11) is -2.52. The Kier molecular flexibility index (Phi) is 6.75. The van der Waals surface area contributed by atoms with Crippen LogP contribution in [0.1, 0.15) is 29.8 Å². The number of pyridine rings is 1. The number of ether oxygens (including phenoxy) is 1. The number of nitrogens with two attached hydrogens (primary N) is 1. The highest BCUT2D eigenvalue weighted by molar-refractivity contribution is 7.89. The maximum absolute atomic E-state index is 12.5. The number of benzene rings is 1. The Morgan fingerprint density at radius 2 is 1.93 bits per heavy atom. The van der Waals surface area contributed by atoms with Gasteiger partial charge in [-0.15, -0.1) is 0 Å². The largest absolute Gasteiger partial charge is 0.496 e. The first-order chi connectivity index (χ1) is 12.8. The van der Waals surface area contributed by atoms with Crippen molar-refractivity contribution < 1.29 is 17.9 Å². The molecular formula is C18H24N4O4S. The molecule has 8 nitrogen and oxygen atoms in total. The first-order valence-electron chi connectivity index (χ1n) is 8.49. The molecular weight excluding hydrogens is 368 g/mol. The molecule has 1 aromatic carbocycles. The lowest BCUT2D eigenvalue weighted by molar-refractivity contribution is 0.0947. The van der Waals surface area contributed by atoms with E-state index < -0.39 is 15.9 Å². The fourth-order valence-corrected chi connectivity index (χ4v) is 3.11. The van der Waals surface area contributed by atoms with E-state index in [2.05, 4.69) is 29.0 Å². The summed E-state index contributed by atoms with van der Waals surface area (Å²) in [6, 6.07) is 7.68. The standard InChI is InChI=1S/C18H24N4O4S/c1-4-22(5-2)17-9-6-13(11-20-17)12-21-18(23)15-10-14(27(19,24)25)7-8-16(15)26-3/h6-11H,4-5,12H2,1-3H3,(H,21,23)(H2,19,24,25). The fourth-order valence-electron chi connectivity index (χ4n) is 2.57. The average molecular weight is 392 g/mol. The fraction of sp³-hybridized carbons (Fsp3) is 0.333. The summed E-state index contributed by atoms with van der Waals surface area (Å²) >= 11 is 0. The Morgan fingerprint density at radius 3 is 2.44 bits per heavy atom. The monoisotopic (exact) mass is 392 g/mol. The van der Waals surface area contributed by atoms with Crippen LogP contribution in [0.5, 0.6) is 5.75 Å². The first kappa shape index (κ1) is 20.7. The number of nitrogens with zero attached hydrogens (tertiary/aromatic N) is 2. The lowest BCUT2D eigenvalue weighted by Crippen LogP contribution is -2.25. The van der Waals surface area contributed by atoms with Gasteiger partial charge in [-0.2, -0.15) is 0 Å². The molecule has 0 bridgehead atoms. The number of anilines is 1. The van der Waals surface area contributed by atoms with E-state index in [1.807, 2.05) is 12.1 Å². The Bertz CT molecular complexity index is 894. The Labute approximate surface area is 159 Å². The number of hydrogen-bond donors (Lipinski definition) is 2. The van der Waals surface area contributed by atoms with Crippen molar-refractivity contribution in [3.8, 4) is 5.75 Å². The van der Waals surface area contributed by atoms with Crippen LogP contribution >= 0.6 is 0 Å². The molecule has 1 amide bonds. The number of aromatic nitrogens is 1. The van der Waals surface area contributed by atoms with E-state index in [4.69, 9.17) is 9.88 Å². The maximum atomic E-state index is 12.5. The van der Waals surface area contributed by atoms with E-state index in [1.165, 1.54) is 25.3 Å². The number of amides is 1. The molecule has 146 valence electrons. The number of carbonyl (C=O) groups excluding carboxylic acids is 1. The minimum Gasteiger partial charge on any atom is -0.496 e. The maximum Gasteiger partial charge on any atom is 0.255 e. The summed E-state index contributed by atoms with van der Waals surface area (Å²) in [5.41, 5.74) is 0.914. The van der Waals surface area contributed by atoms with Crippen LogP contribution in [0.15, 0.2) is 41.4 Å². The van der Waals surface area contributed by atoms with Gasteiger partial charge in [-0.1, -0.05) is 6.07 Å². The summed E-state index contributed by atoms with van der Waals surface area (Å²) in [6.07, 6.45) is 1.70. The molecule has 2 aromatic rings. The van der Waals surface area contributed by atoms with Crippen LogP contribution in [0, 0.1) is 0 Å². The normalized spacial score (nSPS) is 11.1. The smallest absolute Gasteiger partial charge is 0.255 e. The number of hydrogen-bond acceptors (Lipinski definition) is 6. The van der Waals surface area contributed by atoms with Gasteiger partial charge in [-0.25, -0.2) is 18.5 Å². The van der Waals surface area contributed by atoms with Crippen molar-refractivity contribution in [3.63, 3.8) is 0 Å². The SMILES string of the molecule is CCN(CC)c1ccc(CNC(=O)c2cc(S(N)(=O)=O)ccc2OC)cn1. The van der Waals surface area contributed by atoms with Gasteiger partial charge in [0, 0.05) is 25.8 Å². The van der Waals surface area contributed by atoms with Crippen LogP contribution in [0.2, 0.25) is 0 Å². The summed E-state index contributed by atoms with van der Waals surface area (Å²) in [5, 5.41) is 7.87. The zero-order chi connectivity index (χ0) is 20.0. The molecule has 3 N–H and O–H groups in total. The molecule has 1 aromatic heterocycles. The molecule has 0 saturated heterocycles. The van der Waals surface area contributed by atoms with Crippen molar-refractivity contribution in [1.29, 1.82) is 0 Å². The second-order valence-electron chi connectivity index (χ2n) is 5.79. The highest BCUT2D eigenvalue weighted by Gasteiger charge is 2.17. The van der Waals surface area contributed by atoms with Gasteiger partial charge in [-0.05, 0) is 43.7 Å². The zero-order valence-corrected chi connectivity index (χ0v) is 16.4. The molecule has 1 heterocycles. The molecule has 0 unspecified atom stereocenters. The lowest BCUT2D eigenvalue weighted by atomic mass is 10.2. The number of sulfonamides is 1. The van der Waals surface area contributed by atoms with Crippen molar-refractivity contribution in [2.45, 2.75) is 25.3 Å². The predicted octanol–water partition coefficient (Wildman–Crippen LogP) is 1.51. The Morgan fingerprint density at radius 1 is 1.22 bits per heavy atom. The van der Waals surface area contributed by atoms with Gasteiger partial charge in [0.25, 0.3) is 5.91 Å². The Balaban J connectivity index is 2.13. The number of methoxy groups -OCH3 is 1. The van der Waals surface area contributed by atoms with Gasteiger partial charge in [0.2, 0.25) is 10.0 Å². The molecule has 0 aliphatic heterocycles. The molecule has 0 atom stereocenters. The van der Waals surface area contributed by atoms with Crippen molar-refractivity contribution in [2.75, 3.05) is 25.1 Å². The van der Waals surface area contributed by atoms with Crippen molar-refractivity contribution >= 4 is 21.7 Å². The van der Waals surface area contributed by atoms with E-state index in [-0.39, 0.29) is 22.8 Å². The highest BCUT2D eigenvalue weighted by atomic mass is 32.2. The third-order valence-electron chi connectivity index (χ3n) is 4.09. The third-order valence-corrected chi connectivity index (χ3v) is 5.00. The average Bonchev–Trinajstić information content (AvgIpc) is 2.66. The zero-order valence-electron chi connectivity index (χ0n) is 15.6. The van der Waals surface area contributed by atoms with Gasteiger partial charge in [0.05, 0.1) is 17.6 Å². The molecule has 0 radical (unpaired) electrons. The highest BCUT2D eigenvalue weighted by Crippen LogP contribution is 2.22. The van der Waals surface area contributed by atoms with Gasteiger partial charge in [-0.3, -0.25) is 4.79 Å². The summed E-state index contributed by atoms with van der Waals surface area (Å²) in [4.78, 5) is 18.9. The molecule has 2 rings (SSSR count). The summed E-state index contributed by atoms with van der Waals surface area (Å²) < 4.78 is 28.2. The minimum absolute atomic E-state index is 0.0942. The van der Waals surface area contributed by atoms with Crippen molar-refractivity contribution in [1.82, 2.24) is 10.3 Å². The molecule has 0 aliphatic rings. The molecule has 0 saturated carbocycles. The van der Waals surface area contributed by atoms with Crippen LogP contribution in [-0.4, -0.2) is 39.5 Å².